The molecule has 18 heavy (non-hydrogen) atoms. The number of amides is 2. The van der Waals surface area contributed by atoms with Crippen LogP contribution in [0.2, 0.25) is 0 Å². The van der Waals surface area contributed by atoms with Gasteiger partial charge in [0.05, 0.1) is 6.04 Å². The number of rotatable bonds is 4. The molecular weight excluding hydrogens is 244 g/mol. The Balaban J connectivity index is 1.79. The lowest BCUT2D eigenvalue weighted by atomic mass is 10.2. The van der Waals surface area contributed by atoms with E-state index in [0.717, 1.165) is 10.4 Å². The Morgan fingerprint density at radius 3 is 2.67 bits per heavy atom. The van der Waals surface area contributed by atoms with E-state index in [1.54, 1.807) is 11.3 Å². The van der Waals surface area contributed by atoms with E-state index in [9.17, 15) is 4.79 Å². The lowest BCUT2D eigenvalue weighted by Gasteiger charge is -2.13. The minimum atomic E-state index is -0.139. The van der Waals surface area contributed by atoms with E-state index in [1.807, 2.05) is 54.8 Å². The van der Waals surface area contributed by atoms with Crippen LogP contribution in [0.5, 0.6) is 0 Å². The molecule has 2 amide bonds. The lowest BCUT2D eigenvalue weighted by molar-refractivity contribution is 0.237. The van der Waals surface area contributed by atoms with E-state index in [4.69, 9.17) is 0 Å². The van der Waals surface area contributed by atoms with Crippen LogP contribution in [0, 0.1) is 0 Å². The Labute approximate surface area is 111 Å². The van der Waals surface area contributed by atoms with Crippen molar-refractivity contribution in [3.05, 3.63) is 58.3 Å². The standard InChI is InChI=1S/C14H16N2OS/c1-11(13-8-5-9-18-13)16-14(17)15-10-12-6-3-2-4-7-12/h2-9,11H,10H2,1H3,(H2,15,16,17)/t11-/m1/s1. The molecule has 0 aliphatic rings. The van der Waals surface area contributed by atoms with Gasteiger partial charge in [-0.3, -0.25) is 0 Å². The molecule has 0 spiro atoms. The Hall–Kier alpha value is -1.81. The molecule has 0 saturated carbocycles. The summed E-state index contributed by atoms with van der Waals surface area (Å²) in [7, 11) is 0. The molecule has 3 nitrogen and oxygen atoms in total. The zero-order valence-corrected chi connectivity index (χ0v) is 11.0. The number of carbonyl (C=O) groups excluding carboxylic acids is 1. The Bertz CT molecular complexity index is 482. The van der Waals surface area contributed by atoms with Crippen molar-refractivity contribution in [3.8, 4) is 0 Å². The molecule has 1 aromatic heterocycles. The molecule has 0 fully saturated rings. The molecule has 0 bridgehead atoms. The molecule has 1 atom stereocenters. The summed E-state index contributed by atoms with van der Waals surface area (Å²) in [5.41, 5.74) is 1.09. The van der Waals surface area contributed by atoms with Gasteiger partial charge in [0, 0.05) is 11.4 Å². The number of nitrogens with one attached hydrogen (secondary N) is 2. The average Bonchev–Trinajstić information content (AvgIpc) is 2.91. The monoisotopic (exact) mass is 260 g/mol. The molecule has 1 heterocycles. The Kier molecular flexibility index (Phi) is 4.36. The minimum absolute atomic E-state index is 0.0424. The molecular formula is C14H16N2OS. The van der Waals surface area contributed by atoms with Crippen LogP contribution in [-0.4, -0.2) is 6.03 Å². The highest BCUT2D eigenvalue weighted by molar-refractivity contribution is 7.10. The third kappa shape index (κ3) is 3.60. The first kappa shape index (κ1) is 12.6. The smallest absolute Gasteiger partial charge is 0.315 e. The maximum Gasteiger partial charge on any atom is 0.315 e. The molecule has 2 rings (SSSR count). The lowest BCUT2D eigenvalue weighted by Crippen LogP contribution is -2.36. The van der Waals surface area contributed by atoms with Gasteiger partial charge in [-0.15, -0.1) is 11.3 Å². The summed E-state index contributed by atoms with van der Waals surface area (Å²) in [5, 5.41) is 7.77. The quantitative estimate of drug-likeness (QED) is 0.870. The second-order valence-corrected chi connectivity index (χ2v) is 5.03. The van der Waals surface area contributed by atoms with Crippen molar-refractivity contribution in [1.29, 1.82) is 0 Å². The Morgan fingerprint density at radius 1 is 1.22 bits per heavy atom. The highest BCUT2D eigenvalue weighted by Gasteiger charge is 2.09. The maximum absolute atomic E-state index is 11.7. The third-order valence-electron chi connectivity index (χ3n) is 2.61. The SMILES string of the molecule is C[C@@H](NC(=O)NCc1ccccc1)c1cccs1. The van der Waals surface area contributed by atoms with Crippen LogP contribution in [0.4, 0.5) is 4.79 Å². The first-order chi connectivity index (χ1) is 8.75. The summed E-state index contributed by atoms with van der Waals surface area (Å²) in [5.74, 6) is 0. The Morgan fingerprint density at radius 2 is 2.00 bits per heavy atom. The van der Waals surface area contributed by atoms with Crippen molar-refractivity contribution >= 4 is 17.4 Å². The minimum Gasteiger partial charge on any atom is -0.334 e. The van der Waals surface area contributed by atoms with E-state index in [2.05, 4.69) is 10.6 Å². The van der Waals surface area contributed by atoms with Crippen LogP contribution in [0.1, 0.15) is 23.4 Å². The number of thiophene rings is 1. The second kappa shape index (κ2) is 6.21. The van der Waals surface area contributed by atoms with Gasteiger partial charge in [-0.25, -0.2) is 4.79 Å². The van der Waals surface area contributed by atoms with Gasteiger partial charge in [-0.2, -0.15) is 0 Å². The van der Waals surface area contributed by atoms with E-state index in [0.29, 0.717) is 6.54 Å². The van der Waals surface area contributed by atoms with Crippen LogP contribution >= 0.6 is 11.3 Å². The topological polar surface area (TPSA) is 41.1 Å². The van der Waals surface area contributed by atoms with Gasteiger partial charge in [0.25, 0.3) is 0 Å². The van der Waals surface area contributed by atoms with Crippen molar-refractivity contribution in [2.24, 2.45) is 0 Å². The molecule has 2 N–H and O–H groups in total. The van der Waals surface area contributed by atoms with Gasteiger partial charge in [0.2, 0.25) is 0 Å². The number of urea groups is 1. The highest BCUT2D eigenvalue weighted by Crippen LogP contribution is 2.17. The van der Waals surface area contributed by atoms with E-state index < -0.39 is 0 Å². The summed E-state index contributed by atoms with van der Waals surface area (Å²) in [6.45, 7) is 2.53. The van der Waals surface area contributed by atoms with Crippen molar-refractivity contribution in [3.63, 3.8) is 0 Å². The second-order valence-electron chi connectivity index (χ2n) is 4.05. The van der Waals surface area contributed by atoms with Gasteiger partial charge < -0.3 is 10.6 Å². The fourth-order valence-electron chi connectivity index (χ4n) is 1.63. The number of carbonyl (C=O) groups is 1. The summed E-state index contributed by atoms with van der Waals surface area (Å²) in [6, 6.07) is 13.8. The van der Waals surface area contributed by atoms with E-state index in [-0.39, 0.29) is 12.1 Å². The molecule has 0 aliphatic carbocycles. The molecule has 94 valence electrons. The van der Waals surface area contributed by atoms with Crippen LogP contribution in [0.25, 0.3) is 0 Å². The third-order valence-corrected chi connectivity index (χ3v) is 3.67. The van der Waals surface area contributed by atoms with E-state index in [1.165, 1.54) is 0 Å². The molecule has 0 radical (unpaired) electrons. The zero-order chi connectivity index (χ0) is 12.8. The largest absolute Gasteiger partial charge is 0.334 e. The number of hydrogen-bond acceptors (Lipinski definition) is 2. The van der Waals surface area contributed by atoms with Gasteiger partial charge in [-0.05, 0) is 23.9 Å². The summed E-state index contributed by atoms with van der Waals surface area (Å²) in [6.07, 6.45) is 0. The van der Waals surface area contributed by atoms with Crippen molar-refractivity contribution in [2.75, 3.05) is 0 Å². The van der Waals surface area contributed by atoms with Crippen LogP contribution in [-0.2, 0) is 6.54 Å². The molecule has 0 unspecified atom stereocenters. The fourth-order valence-corrected chi connectivity index (χ4v) is 2.37. The van der Waals surface area contributed by atoms with Crippen molar-refractivity contribution in [1.82, 2.24) is 10.6 Å². The number of benzene rings is 1. The van der Waals surface area contributed by atoms with Crippen molar-refractivity contribution in [2.45, 2.75) is 19.5 Å². The normalized spacial score (nSPS) is 11.8. The number of hydrogen-bond donors (Lipinski definition) is 2. The molecule has 0 saturated heterocycles. The summed E-state index contributed by atoms with van der Waals surface area (Å²) < 4.78 is 0. The first-order valence-electron chi connectivity index (χ1n) is 5.87. The predicted octanol–water partition coefficient (Wildman–Crippen LogP) is 3.31. The predicted molar refractivity (Wildman–Crippen MR) is 74.5 cm³/mol. The van der Waals surface area contributed by atoms with E-state index >= 15 is 0 Å². The van der Waals surface area contributed by atoms with Crippen LogP contribution in [0.15, 0.2) is 47.8 Å². The van der Waals surface area contributed by atoms with Gasteiger partial charge in [0.15, 0.2) is 0 Å². The average molecular weight is 260 g/mol. The highest BCUT2D eigenvalue weighted by atomic mass is 32.1. The maximum atomic E-state index is 11.7. The summed E-state index contributed by atoms with van der Waals surface area (Å²) >= 11 is 1.64. The van der Waals surface area contributed by atoms with Gasteiger partial charge in [0.1, 0.15) is 0 Å². The zero-order valence-electron chi connectivity index (χ0n) is 10.2. The van der Waals surface area contributed by atoms with Gasteiger partial charge >= 0.3 is 6.03 Å². The van der Waals surface area contributed by atoms with Crippen LogP contribution in [0.3, 0.4) is 0 Å². The molecule has 1 aromatic carbocycles. The molecule has 0 aliphatic heterocycles. The van der Waals surface area contributed by atoms with Crippen LogP contribution < -0.4 is 10.6 Å². The summed E-state index contributed by atoms with van der Waals surface area (Å²) in [4.78, 5) is 12.9. The molecule has 2 aromatic rings. The van der Waals surface area contributed by atoms with Crippen molar-refractivity contribution < 1.29 is 4.79 Å². The first-order valence-corrected chi connectivity index (χ1v) is 6.75. The fraction of sp³-hybridized carbons (Fsp3) is 0.214. The molecule has 4 heteroatoms. The van der Waals surface area contributed by atoms with Gasteiger partial charge in [-0.1, -0.05) is 36.4 Å².